The molecule has 0 saturated heterocycles. The molecule has 253 valence electrons. The van der Waals surface area contributed by atoms with Crippen molar-refractivity contribution in [2.24, 2.45) is 23.7 Å². The maximum Gasteiger partial charge on any atom is 2.00 e. The number of nitrogens with one attached hydrogen (secondary N) is 1. The normalized spacial score (nSPS) is 35.0. The van der Waals surface area contributed by atoms with E-state index in [4.69, 9.17) is 15.0 Å². The smallest absolute Gasteiger partial charge is 0.657 e. The molecule has 5 heteroatoms. The molecule has 4 nitrogen and oxygen atoms in total. The molecular formula is C45H42CuN4. The van der Waals surface area contributed by atoms with Crippen molar-refractivity contribution in [3.8, 4) is 0 Å². The minimum Gasteiger partial charge on any atom is -0.657 e. The van der Waals surface area contributed by atoms with E-state index in [0.29, 0.717) is 59.2 Å². The standard InChI is InChI=1S/C44H39N4.CH3.Cu/c1-2-22-4-3-21(1)37-29-17-31-39-23-5-7-25(8-6-23)41(39)33(46-31)19-35-43-27-13-15-28(16-14-27)44(43)36(48-35)20-34-42-26-11-9-24(10-12-26)40(42)32(47-34)18-30(45-29)38(22)37;;/h1-2,5,7,9,11,13,15,17-28,37-38,46H,3-4,6,8,10,12,14,16H2;1H3;/q2*-1;+2. The van der Waals surface area contributed by atoms with E-state index in [1.807, 2.05) is 0 Å². The number of allylic oxidation sites excluding steroid dienone is 10. The minimum absolute atomic E-state index is 0. The molecule has 1 radical (unpaired) electrons. The molecule has 1 saturated carbocycles. The third-order valence-electron chi connectivity index (χ3n) is 14.4. The topological polar surface area (TPSA) is 55.7 Å². The summed E-state index contributed by atoms with van der Waals surface area (Å²) in [4.78, 5) is 20.8. The van der Waals surface area contributed by atoms with Gasteiger partial charge < -0.3 is 17.4 Å². The van der Waals surface area contributed by atoms with Gasteiger partial charge in [-0.25, -0.2) is 4.98 Å². The van der Waals surface area contributed by atoms with Crippen molar-refractivity contribution < 1.29 is 17.1 Å². The first-order valence-corrected chi connectivity index (χ1v) is 19.0. The van der Waals surface area contributed by atoms with Crippen LogP contribution in [-0.2, 0) is 17.1 Å². The SMILES string of the molecule is C1=CC2CCC1C1=C2c2cc3[nH]c(cc4nc(cc5[n-]c(cc1n2)c1c5C2C=CC1CC2)C1C2C=CC(CC2)C41)c1c3C2C=CC1CC2.[CH3-].[Cu+2]. The summed E-state index contributed by atoms with van der Waals surface area (Å²) in [6.07, 6.45) is 29.9. The molecule has 3 aromatic rings. The summed E-state index contributed by atoms with van der Waals surface area (Å²) in [5.74, 6) is 4.84. The van der Waals surface area contributed by atoms with Gasteiger partial charge in [-0.3, -0.25) is 4.98 Å². The molecule has 14 aliphatic rings. The summed E-state index contributed by atoms with van der Waals surface area (Å²) in [6, 6.07) is 9.78. The van der Waals surface area contributed by atoms with Crippen LogP contribution in [0.15, 0.2) is 72.9 Å². The number of aromatic nitrogens is 4. The van der Waals surface area contributed by atoms with Crippen molar-refractivity contribution in [1.82, 2.24) is 19.9 Å². The van der Waals surface area contributed by atoms with Crippen molar-refractivity contribution in [1.29, 1.82) is 0 Å². The van der Waals surface area contributed by atoms with Crippen LogP contribution in [0, 0.1) is 31.1 Å². The summed E-state index contributed by atoms with van der Waals surface area (Å²) in [5.41, 5.74) is 18.8. The van der Waals surface area contributed by atoms with E-state index in [-0.39, 0.29) is 24.5 Å². The zero-order valence-corrected chi connectivity index (χ0v) is 29.4. The number of rotatable bonds is 0. The van der Waals surface area contributed by atoms with Crippen LogP contribution in [0.5, 0.6) is 0 Å². The molecule has 17 rings (SSSR count). The van der Waals surface area contributed by atoms with Crippen LogP contribution in [0.3, 0.4) is 0 Å². The van der Waals surface area contributed by atoms with Gasteiger partial charge in [-0.1, -0.05) is 71.9 Å². The molecule has 16 bridgehead atoms. The second-order valence-corrected chi connectivity index (χ2v) is 16.6. The third-order valence-corrected chi connectivity index (χ3v) is 14.4. The molecule has 1 fully saturated rings. The quantitative estimate of drug-likeness (QED) is 0.144. The molecular weight excluding hydrogens is 660 g/mol. The summed E-state index contributed by atoms with van der Waals surface area (Å²) in [5, 5.41) is 0. The predicted molar refractivity (Wildman–Crippen MR) is 197 cm³/mol. The molecule has 5 heterocycles. The Morgan fingerprint density at radius 1 is 0.480 bits per heavy atom. The van der Waals surface area contributed by atoms with E-state index in [2.05, 4.69) is 77.9 Å². The first-order chi connectivity index (χ1) is 23.7. The van der Waals surface area contributed by atoms with Crippen molar-refractivity contribution in [3.63, 3.8) is 0 Å². The second-order valence-electron chi connectivity index (χ2n) is 16.6. The molecule has 3 aromatic heterocycles. The zero-order chi connectivity index (χ0) is 30.8. The average Bonchev–Trinajstić information content (AvgIpc) is 3.92. The molecule has 0 amide bonds. The van der Waals surface area contributed by atoms with E-state index in [1.165, 1.54) is 118 Å². The Labute approximate surface area is 304 Å². The summed E-state index contributed by atoms with van der Waals surface area (Å²) >= 11 is 0. The Morgan fingerprint density at radius 3 is 1.48 bits per heavy atom. The maximum absolute atomic E-state index is 5.64. The van der Waals surface area contributed by atoms with E-state index in [9.17, 15) is 0 Å². The molecule has 10 atom stereocenters. The van der Waals surface area contributed by atoms with Crippen LogP contribution < -0.4 is 4.98 Å². The summed E-state index contributed by atoms with van der Waals surface area (Å²) in [6.45, 7) is 0. The minimum atomic E-state index is 0. The van der Waals surface area contributed by atoms with Gasteiger partial charge in [0.15, 0.2) is 0 Å². The van der Waals surface area contributed by atoms with Crippen LogP contribution in [0.1, 0.15) is 132 Å². The Balaban J connectivity index is 0.00000150. The van der Waals surface area contributed by atoms with E-state index < -0.39 is 0 Å². The fourth-order valence-electron chi connectivity index (χ4n) is 12.5. The fourth-order valence-corrected chi connectivity index (χ4v) is 12.5. The number of hydrogen-bond acceptors (Lipinski definition) is 2. The van der Waals surface area contributed by atoms with Crippen molar-refractivity contribution in [3.05, 3.63) is 125 Å². The van der Waals surface area contributed by atoms with Gasteiger partial charge in [0.05, 0.1) is 11.4 Å². The summed E-state index contributed by atoms with van der Waals surface area (Å²) < 4.78 is 0. The number of aromatic amines is 1. The van der Waals surface area contributed by atoms with Gasteiger partial charge in [0.2, 0.25) is 0 Å². The third kappa shape index (κ3) is 3.78. The van der Waals surface area contributed by atoms with Crippen LogP contribution in [0.2, 0.25) is 0 Å². The van der Waals surface area contributed by atoms with E-state index in [1.54, 1.807) is 0 Å². The van der Waals surface area contributed by atoms with Gasteiger partial charge >= 0.3 is 17.1 Å². The molecule has 0 aromatic carbocycles. The maximum atomic E-state index is 5.64. The largest absolute Gasteiger partial charge is 2.00 e. The molecule has 1 N–H and O–H groups in total. The van der Waals surface area contributed by atoms with Crippen LogP contribution >= 0.6 is 0 Å². The molecule has 50 heavy (non-hydrogen) atoms. The van der Waals surface area contributed by atoms with E-state index in [0.717, 1.165) is 11.2 Å². The Morgan fingerprint density at radius 2 is 0.940 bits per heavy atom. The van der Waals surface area contributed by atoms with Gasteiger partial charge in [-0.15, -0.1) is 11.0 Å². The predicted octanol–water partition coefficient (Wildman–Crippen LogP) is 10.4. The number of nitrogens with zero attached hydrogens (tertiary/aromatic N) is 3. The van der Waals surface area contributed by atoms with Crippen molar-refractivity contribution in [2.75, 3.05) is 0 Å². The van der Waals surface area contributed by atoms with Crippen LogP contribution in [0.4, 0.5) is 0 Å². The van der Waals surface area contributed by atoms with Gasteiger partial charge in [0, 0.05) is 69.8 Å². The summed E-state index contributed by atoms with van der Waals surface area (Å²) in [7, 11) is 0. The monoisotopic (exact) mass is 701 g/mol. The van der Waals surface area contributed by atoms with Crippen LogP contribution in [-0.4, -0.2) is 15.0 Å². The zero-order valence-electron chi connectivity index (χ0n) is 28.5. The van der Waals surface area contributed by atoms with E-state index >= 15 is 0 Å². The average molecular weight is 702 g/mol. The Hall–Kier alpha value is -3.66. The second kappa shape index (κ2) is 10.5. The van der Waals surface area contributed by atoms with Crippen LogP contribution in [0.25, 0.3) is 33.2 Å². The molecule has 12 aliphatic carbocycles. The number of fused-ring (bicyclic) bond motifs is 12. The molecule has 2 aliphatic heterocycles. The first kappa shape index (κ1) is 30.0. The van der Waals surface area contributed by atoms with Gasteiger partial charge in [0.1, 0.15) is 0 Å². The molecule has 0 spiro atoms. The number of hydrogen-bond donors (Lipinski definition) is 1. The van der Waals surface area contributed by atoms with Crippen molar-refractivity contribution >= 4 is 33.2 Å². The first-order valence-electron chi connectivity index (χ1n) is 19.0. The number of H-pyrrole nitrogens is 1. The Kier molecular flexibility index (Phi) is 6.27. The van der Waals surface area contributed by atoms with Gasteiger partial charge in [-0.05, 0) is 97.6 Å². The van der Waals surface area contributed by atoms with Gasteiger partial charge in [0.25, 0.3) is 0 Å². The van der Waals surface area contributed by atoms with Gasteiger partial charge in [-0.2, -0.15) is 0 Å². The Bertz CT molecular complexity index is 2190. The molecule has 10 unspecified atom stereocenters. The van der Waals surface area contributed by atoms with Crippen molar-refractivity contribution in [2.45, 2.75) is 86.9 Å². The fraction of sp³-hybridized carbons (Fsp3) is 0.400.